The van der Waals surface area contributed by atoms with E-state index in [0.29, 0.717) is 0 Å². The summed E-state index contributed by atoms with van der Waals surface area (Å²) in [5, 5.41) is 8.62. The van der Waals surface area contributed by atoms with Crippen molar-refractivity contribution in [1.82, 2.24) is 0 Å². The Morgan fingerprint density at radius 2 is 2.13 bits per heavy atom. The molecule has 0 aromatic heterocycles. The molecule has 0 aromatic rings. The molecule has 1 unspecified atom stereocenters. The summed E-state index contributed by atoms with van der Waals surface area (Å²) in [5.74, 6) is -1.82. The molecule has 2 atom stereocenters. The fourth-order valence-electron chi connectivity index (χ4n) is 1.07. The van der Waals surface area contributed by atoms with Crippen molar-refractivity contribution in [3.8, 4) is 0 Å². The van der Waals surface area contributed by atoms with Gasteiger partial charge in [0.1, 0.15) is 0 Å². The number of carbonyl (C=O) groups is 2. The number of aliphatic carboxylic acids is 1. The van der Waals surface area contributed by atoms with Gasteiger partial charge in [-0.2, -0.15) is 0 Å². The van der Waals surface area contributed by atoms with E-state index in [2.05, 4.69) is 47.8 Å². The summed E-state index contributed by atoms with van der Waals surface area (Å²) in [4.78, 5) is 22.0. The van der Waals surface area contributed by atoms with E-state index in [1.54, 1.807) is 0 Å². The zero-order chi connectivity index (χ0) is 11.9. The van der Waals surface area contributed by atoms with Crippen LogP contribution >= 0.6 is 47.8 Å². The van der Waals surface area contributed by atoms with Gasteiger partial charge in [0.15, 0.2) is 7.74 Å². The molecule has 0 amide bonds. The number of rotatable bonds is 2. The van der Waals surface area contributed by atoms with E-state index in [9.17, 15) is 9.59 Å². The van der Waals surface area contributed by atoms with Crippen molar-refractivity contribution in [1.29, 1.82) is 0 Å². The van der Waals surface area contributed by atoms with E-state index in [0.717, 1.165) is 0 Å². The largest absolute Gasteiger partial charge is 0.481 e. The minimum atomic E-state index is -1.45. The van der Waals surface area contributed by atoms with Gasteiger partial charge in [0.2, 0.25) is 6.29 Å². The second-order valence-electron chi connectivity index (χ2n) is 3.20. The predicted molar refractivity (Wildman–Crippen MR) is 61.1 cm³/mol. The van der Waals surface area contributed by atoms with Gasteiger partial charge in [-0.3, -0.25) is 4.79 Å². The van der Waals surface area contributed by atoms with Gasteiger partial charge in [-0.25, -0.2) is 4.79 Å². The topological polar surface area (TPSA) is 72.8 Å². The zero-order valence-corrected chi connectivity index (χ0v) is 12.3. The smallest absolute Gasteiger partial charge is 0.341 e. The monoisotopic (exact) mass is 408 g/mol. The zero-order valence-electron chi connectivity index (χ0n) is 7.50. The maximum Gasteiger partial charge on any atom is 0.341 e. The molecule has 1 heterocycles. The molecule has 15 heavy (non-hydrogen) atoms. The first-order valence-corrected chi connectivity index (χ1v) is 6.20. The highest BCUT2D eigenvalue weighted by Crippen LogP contribution is 2.44. The van der Waals surface area contributed by atoms with Crippen molar-refractivity contribution in [3.05, 3.63) is 0 Å². The molecule has 5 nitrogen and oxygen atoms in total. The third-order valence-electron chi connectivity index (χ3n) is 1.77. The average Bonchev–Trinajstić information content (AvgIpc) is 2.25. The van der Waals surface area contributed by atoms with Crippen LogP contribution in [0.15, 0.2) is 0 Å². The molecular weight excluding hydrogens is 404 g/mol. The number of carboxylic acids is 1. The van der Waals surface area contributed by atoms with Gasteiger partial charge < -0.3 is 14.6 Å². The summed E-state index contributed by atoms with van der Waals surface area (Å²) in [6.07, 6.45) is -1.37. The normalized spacial score (nSPS) is 31.5. The van der Waals surface area contributed by atoms with Gasteiger partial charge in [-0.15, -0.1) is 0 Å². The number of carboxylic acid groups (broad SMARTS) is 1. The van der Waals surface area contributed by atoms with Crippen molar-refractivity contribution in [2.45, 2.75) is 27.4 Å². The van der Waals surface area contributed by atoms with Crippen LogP contribution in [0.3, 0.4) is 0 Å². The quantitative estimate of drug-likeness (QED) is 0.556. The van der Waals surface area contributed by atoms with Crippen molar-refractivity contribution in [3.63, 3.8) is 0 Å². The molecule has 0 aromatic carbocycles. The lowest BCUT2D eigenvalue weighted by molar-refractivity contribution is -0.151. The Hall–Kier alpha value is 0.340. The minimum Gasteiger partial charge on any atom is -0.481 e. The summed E-state index contributed by atoms with van der Waals surface area (Å²) >= 11 is 9.40. The molecule has 0 bridgehead atoms. The van der Waals surface area contributed by atoms with Crippen LogP contribution in [-0.2, 0) is 19.1 Å². The molecule has 1 saturated heterocycles. The first-order chi connectivity index (χ1) is 6.65. The third kappa shape index (κ3) is 3.15. The number of carbonyl (C=O) groups excluding carboxylic acids is 1. The summed E-state index contributed by atoms with van der Waals surface area (Å²) in [7, 11) is 0. The highest BCUT2D eigenvalue weighted by atomic mass is 80.0. The molecule has 1 N–H and O–H groups in total. The predicted octanol–water partition coefficient (Wildman–Crippen LogP) is 1.96. The summed E-state index contributed by atoms with van der Waals surface area (Å²) < 4.78 is 9.20. The van der Waals surface area contributed by atoms with E-state index in [1.165, 1.54) is 6.92 Å². The van der Waals surface area contributed by atoms with E-state index in [1.807, 2.05) is 0 Å². The maximum atomic E-state index is 11.4. The molecule has 0 radical (unpaired) electrons. The summed E-state index contributed by atoms with van der Waals surface area (Å²) in [6, 6.07) is 0. The molecule has 1 aliphatic rings. The molecule has 0 saturated carbocycles. The average molecular weight is 411 g/mol. The summed E-state index contributed by atoms with van der Waals surface area (Å²) in [5.41, 5.74) is -1.45. The molecule has 0 spiro atoms. The lowest BCUT2D eigenvalue weighted by Crippen LogP contribution is -2.36. The number of esters is 1. The second-order valence-corrected chi connectivity index (χ2v) is 10.1. The van der Waals surface area contributed by atoms with Crippen molar-refractivity contribution in [2.75, 3.05) is 0 Å². The van der Waals surface area contributed by atoms with Crippen LogP contribution in [0.1, 0.15) is 13.3 Å². The first kappa shape index (κ1) is 13.4. The Kier molecular flexibility index (Phi) is 3.85. The molecule has 1 fully saturated rings. The van der Waals surface area contributed by atoms with Gasteiger partial charge in [0, 0.05) is 0 Å². The Morgan fingerprint density at radius 1 is 1.60 bits per heavy atom. The number of cyclic esters (lactones) is 1. The van der Waals surface area contributed by atoms with Crippen LogP contribution in [0.25, 0.3) is 0 Å². The number of ether oxygens (including phenoxy) is 2. The molecule has 1 rings (SSSR count). The van der Waals surface area contributed by atoms with Crippen LogP contribution in [-0.4, -0.2) is 31.1 Å². The van der Waals surface area contributed by atoms with Crippen molar-refractivity contribution < 1.29 is 24.2 Å². The van der Waals surface area contributed by atoms with E-state index in [4.69, 9.17) is 14.6 Å². The van der Waals surface area contributed by atoms with Crippen LogP contribution < -0.4 is 0 Å². The number of hydrogen-bond acceptors (Lipinski definition) is 4. The highest BCUT2D eigenvalue weighted by Gasteiger charge is 2.53. The first-order valence-electron chi connectivity index (χ1n) is 3.82. The molecule has 8 heteroatoms. The van der Waals surface area contributed by atoms with E-state index in [-0.39, 0.29) is 0 Å². The second kappa shape index (κ2) is 4.31. The van der Waals surface area contributed by atoms with Crippen molar-refractivity contribution >= 4 is 59.7 Å². The van der Waals surface area contributed by atoms with Gasteiger partial charge in [0.05, 0.1) is 6.42 Å². The molecule has 86 valence electrons. The van der Waals surface area contributed by atoms with Gasteiger partial charge in [0.25, 0.3) is 0 Å². The van der Waals surface area contributed by atoms with Crippen LogP contribution in [0.5, 0.6) is 0 Å². The van der Waals surface area contributed by atoms with E-state index < -0.39 is 32.4 Å². The maximum absolute atomic E-state index is 11.4. The minimum absolute atomic E-state index is 0.439. The number of hydrogen-bond donors (Lipinski definition) is 1. The Morgan fingerprint density at radius 3 is 2.47 bits per heavy atom. The Bertz CT molecular complexity index is 299. The van der Waals surface area contributed by atoms with E-state index >= 15 is 0 Å². The molecule has 1 aliphatic heterocycles. The molecular formula is C7H7Br3O5. The third-order valence-corrected chi connectivity index (χ3v) is 2.89. The van der Waals surface area contributed by atoms with Gasteiger partial charge in [-0.1, -0.05) is 47.8 Å². The number of alkyl halides is 3. The lowest BCUT2D eigenvalue weighted by atomic mass is 10.0. The standard InChI is InChI=1S/C7H7Br3O5/c1-6(2-3(11)12)4(13)14-5(15-6)7(8,9)10/h5H,2H2,1H3,(H,11,12)/t5?,6-/m0/s1. The van der Waals surface area contributed by atoms with Gasteiger partial charge in [-0.05, 0) is 6.92 Å². The SMILES string of the molecule is C[C@@]1(CC(=O)O)OC(C(Br)(Br)Br)OC1=O. The van der Waals surface area contributed by atoms with Crippen LogP contribution in [0.2, 0.25) is 0 Å². The van der Waals surface area contributed by atoms with Crippen LogP contribution in [0.4, 0.5) is 0 Å². The fourth-order valence-corrected chi connectivity index (χ4v) is 1.63. The highest BCUT2D eigenvalue weighted by molar-refractivity contribution is 9.39. The molecule has 0 aliphatic carbocycles. The Labute approximate surface area is 111 Å². The van der Waals surface area contributed by atoms with Crippen LogP contribution in [0, 0.1) is 0 Å². The fraction of sp³-hybridized carbons (Fsp3) is 0.714. The van der Waals surface area contributed by atoms with Gasteiger partial charge >= 0.3 is 11.9 Å². The Balaban J connectivity index is 2.80. The lowest BCUT2D eigenvalue weighted by Gasteiger charge is -2.21. The number of halogens is 3. The van der Waals surface area contributed by atoms with Crippen molar-refractivity contribution in [2.24, 2.45) is 0 Å². The summed E-state index contributed by atoms with van der Waals surface area (Å²) in [6.45, 7) is 1.38.